The van der Waals surface area contributed by atoms with Crippen LogP contribution in [0.3, 0.4) is 0 Å². The van der Waals surface area contributed by atoms with E-state index >= 15 is 0 Å². The van der Waals surface area contributed by atoms with Gasteiger partial charge >= 0.3 is 31.4 Å². The molecule has 1 fully saturated rings. The van der Waals surface area contributed by atoms with Gasteiger partial charge in [-0.1, -0.05) is 13.0 Å². The third-order valence-electron chi connectivity index (χ3n) is 4.60. The molecule has 2 rings (SSSR count). The lowest BCUT2D eigenvalue weighted by molar-refractivity contribution is -0.393. The van der Waals surface area contributed by atoms with Gasteiger partial charge in [-0.15, -0.1) is 52.7 Å². The van der Waals surface area contributed by atoms with E-state index in [1.54, 1.807) is 6.92 Å². The summed E-state index contributed by atoms with van der Waals surface area (Å²) in [6, 6.07) is 2.22. The molecule has 1 aliphatic rings. The van der Waals surface area contributed by atoms with E-state index in [-0.39, 0.29) is 24.3 Å². The Morgan fingerprint density at radius 2 is 1.26 bits per heavy atom. The van der Waals surface area contributed by atoms with Crippen molar-refractivity contribution in [2.45, 2.75) is 70.3 Å². The Balaban J connectivity index is 0.000000389. The third kappa shape index (κ3) is 14.3. The quantitative estimate of drug-likeness (QED) is 0.270. The highest BCUT2D eigenvalue weighted by molar-refractivity contribution is 5.72. The smallest absolute Gasteiger partial charge is 0.469 e. The van der Waals surface area contributed by atoms with Crippen molar-refractivity contribution in [3.05, 3.63) is 23.8 Å². The van der Waals surface area contributed by atoms with E-state index in [0.717, 1.165) is 13.2 Å². The molecule has 0 radical (unpaired) electrons. The second-order valence-corrected chi connectivity index (χ2v) is 7.75. The second-order valence-electron chi connectivity index (χ2n) is 7.75. The first-order chi connectivity index (χ1) is 17.1. The standard InChI is InChI=1S/C11H8F6O4.C9H12F6O2/c1-19-9(18)5-6-2-3-7(20-10(12,13)14)8(4-6)21-11(15,16)17;1-5-2-3-6(16-8(10,11)12)7(4-5)17-9(13,14)15/h2-4H,5H2,1H3;5-7H,2-4H2,1H3. The average Bonchev–Trinajstić information content (AvgIpc) is 2.68. The van der Waals surface area contributed by atoms with Crippen LogP contribution in [0.4, 0.5) is 52.7 Å². The number of hydrogen-bond donors (Lipinski definition) is 0. The van der Waals surface area contributed by atoms with Crippen LogP contribution in [0.15, 0.2) is 18.2 Å². The summed E-state index contributed by atoms with van der Waals surface area (Å²) in [6.45, 7) is 1.66. The summed E-state index contributed by atoms with van der Waals surface area (Å²) in [7, 11) is 1.05. The molecule has 0 aromatic heterocycles. The molecule has 1 aliphatic carbocycles. The number of carbonyl (C=O) groups is 1. The van der Waals surface area contributed by atoms with Crippen LogP contribution in [-0.2, 0) is 25.4 Å². The van der Waals surface area contributed by atoms with Gasteiger partial charge in [0, 0.05) is 0 Å². The maximum Gasteiger partial charge on any atom is 0.573 e. The van der Waals surface area contributed by atoms with Crippen molar-refractivity contribution in [3.63, 3.8) is 0 Å². The Kier molecular flexibility index (Phi) is 11.4. The Hall–Kier alpha value is -2.63. The molecule has 0 aliphatic heterocycles. The van der Waals surface area contributed by atoms with Gasteiger partial charge in [0.05, 0.1) is 25.7 Å². The fourth-order valence-corrected chi connectivity index (χ4v) is 3.22. The van der Waals surface area contributed by atoms with Crippen LogP contribution in [0.5, 0.6) is 11.5 Å². The van der Waals surface area contributed by atoms with Gasteiger partial charge in [0.2, 0.25) is 0 Å². The van der Waals surface area contributed by atoms with E-state index in [9.17, 15) is 57.5 Å². The predicted molar refractivity (Wildman–Crippen MR) is 100 cm³/mol. The van der Waals surface area contributed by atoms with Crippen molar-refractivity contribution in [3.8, 4) is 11.5 Å². The monoisotopic (exact) mass is 584 g/mol. The van der Waals surface area contributed by atoms with Crippen molar-refractivity contribution in [2.24, 2.45) is 5.92 Å². The number of esters is 1. The van der Waals surface area contributed by atoms with Crippen LogP contribution in [0.1, 0.15) is 31.7 Å². The normalized spacial score (nSPS) is 20.7. The average molecular weight is 584 g/mol. The van der Waals surface area contributed by atoms with Crippen LogP contribution in [0.2, 0.25) is 0 Å². The van der Waals surface area contributed by atoms with E-state index < -0.39 is 61.5 Å². The maximum atomic E-state index is 12.2. The summed E-state index contributed by atoms with van der Waals surface area (Å²) in [4.78, 5) is 11.0. The number of methoxy groups -OCH3 is 1. The Labute approximate surface area is 206 Å². The van der Waals surface area contributed by atoms with Crippen LogP contribution in [-0.4, -0.2) is 50.7 Å². The second kappa shape index (κ2) is 12.9. The highest BCUT2D eigenvalue weighted by Gasteiger charge is 2.44. The lowest BCUT2D eigenvalue weighted by Gasteiger charge is -2.34. The van der Waals surface area contributed by atoms with Crippen molar-refractivity contribution < 1.29 is 81.2 Å². The first kappa shape index (κ1) is 33.4. The minimum absolute atomic E-state index is 0.0318. The molecule has 0 amide bonds. The van der Waals surface area contributed by atoms with Gasteiger partial charge in [0.15, 0.2) is 11.5 Å². The molecule has 18 heteroatoms. The highest BCUT2D eigenvalue weighted by atomic mass is 19.4. The summed E-state index contributed by atoms with van der Waals surface area (Å²) in [5.41, 5.74) is -0.0318. The number of benzene rings is 1. The van der Waals surface area contributed by atoms with Gasteiger partial charge in [0.25, 0.3) is 0 Å². The SMILES string of the molecule is CC1CCC(OC(F)(F)F)C(OC(F)(F)F)C1.COC(=O)Cc1ccc(OC(F)(F)F)c(OC(F)(F)F)c1. The van der Waals surface area contributed by atoms with Crippen LogP contribution in [0.25, 0.3) is 0 Å². The van der Waals surface area contributed by atoms with Crippen molar-refractivity contribution in [1.29, 1.82) is 0 Å². The molecule has 1 saturated carbocycles. The van der Waals surface area contributed by atoms with Gasteiger partial charge in [-0.3, -0.25) is 14.3 Å². The van der Waals surface area contributed by atoms with Crippen molar-refractivity contribution in [1.82, 2.24) is 0 Å². The van der Waals surface area contributed by atoms with E-state index in [4.69, 9.17) is 0 Å². The summed E-state index contributed by atoms with van der Waals surface area (Å²) >= 11 is 0. The molecule has 1 aromatic rings. The summed E-state index contributed by atoms with van der Waals surface area (Å²) in [6.07, 6.45) is -23.7. The van der Waals surface area contributed by atoms with Gasteiger partial charge in [-0.2, -0.15) is 0 Å². The number of carbonyl (C=O) groups excluding carboxylic acids is 1. The molecule has 3 unspecified atom stereocenters. The molecule has 220 valence electrons. The molecule has 6 nitrogen and oxygen atoms in total. The number of halogens is 12. The van der Waals surface area contributed by atoms with E-state index in [2.05, 4.69) is 23.7 Å². The van der Waals surface area contributed by atoms with Crippen LogP contribution >= 0.6 is 0 Å². The molecular formula is C20H20F12O6. The number of alkyl halides is 12. The molecule has 1 aromatic carbocycles. The molecule has 0 heterocycles. The maximum absolute atomic E-state index is 12.2. The molecular weight excluding hydrogens is 564 g/mol. The minimum atomic E-state index is -5.21. The Bertz CT molecular complexity index is 894. The topological polar surface area (TPSA) is 63.2 Å². The van der Waals surface area contributed by atoms with Crippen LogP contribution in [0, 0.1) is 5.92 Å². The molecule has 0 bridgehead atoms. The first-order valence-corrected chi connectivity index (χ1v) is 10.3. The van der Waals surface area contributed by atoms with Gasteiger partial charge < -0.3 is 14.2 Å². The van der Waals surface area contributed by atoms with Crippen molar-refractivity contribution in [2.75, 3.05) is 7.11 Å². The number of rotatable bonds is 6. The summed E-state index contributed by atoms with van der Waals surface area (Å²) in [5, 5.41) is 0. The number of ether oxygens (including phenoxy) is 5. The lowest BCUT2D eigenvalue weighted by Crippen LogP contribution is -2.43. The molecule has 0 N–H and O–H groups in total. The van der Waals surface area contributed by atoms with E-state index in [1.807, 2.05) is 0 Å². The fourth-order valence-electron chi connectivity index (χ4n) is 3.22. The predicted octanol–water partition coefficient (Wildman–Crippen LogP) is 6.82. The van der Waals surface area contributed by atoms with E-state index in [1.165, 1.54) is 0 Å². The molecule has 0 spiro atoms. The van der Waals surface area contributed by atoms with Gasteiger partial charge in [0.1, 0.15) is 0 Å². The van der Waals surface area contributed by atoms with Crippen molar-refractivity contribution >= 4 is 5.97 Å². The molecule has 38 heavy (non-hydrogen) atoms. The zero-order chi connectivity index (χ0) is 29.5. The first-order valence-electron chi connectivity index (χ1n) is 10.3. The molecule has 0 saturated heterocycles. The van der Waals surface area contributed by atoms with Gasteiger partial charge in [-0.25, -0.2) is 0 Å². The number of hydrogen-bond acceptors (Lipinski definition) is 6. The van der Waals surface area contributed by atoms with E-state index in [0.29, 0.717) is 18.6 Å². The minimum Gasteiger partial charge on any atom is -0.469 e. The summed E-state index contributed by atoms with van der Waals surface area (Å²) < 4.78 is 163. The highest BCUT2D eigenvalue weighted by Crippen LogP contribution is 2.37. The third-order valence-corrected chi connectivity index (χ3v) is 4.60. The largest absolute Gasteiger partial charge is 0.573 e. The summed E-state index contributed by atoms with van der Waals surface area (Å²) in [5.74, 6) is -3.28. The van der Waals surface area contributed by atoms with Gasteiger partial charge in [-0.05, 0) is 42.9 Å². The Morgan fingerprint density at radius 3 is 1.74 bits per heavy atom. The lowest BCUT2D eigenvalue weighted by atomic mass is 9.86. The Morgan fingerprint density at radius 1 is 0.763 bits per heavy atom. The molecule has 3 atom stereocenters. The zero-order valence-corrected chi connectivity index (χ0v) is 19.3. The zero-order valence-electron chi connectivity index (χ0n) is 19.3. The van der Waals surface area contributed by atoms with Crippen LogP contribution < -0.4 is 9.47 Å². The fraction of sp³-hybridized carbons (Fsp3) is 0.650.